The molecule has 3 heteroatoms. The Bertz CT molecular complexity index is 116. The van der Waals surface area contributed by atoms with Gasteiger partial charge in [0.1, 0.15) is 5.94 Å². The van der Waals surface area contributed by atoms with Crippen LogP contribution in [0.5, 0.6) is 0 Å². The number of nitrogens with one attached hydrogen (secondary N) is 1. The molecule has 0 fully saturated rings. The zero-order valence-corrected chi connectivity index (χ0v) is 5.02. The lowest BCUT2D eigenvalue weighted by Gasteiger charge is -1.90. The van der Waals surface area contributed by atoms with Crippen molar-refractivity contribution in [1.29, 1.82) is 0 Å². The van der Waals surface area contributed by atoms with Crippen LogP contribution in [0.3, 0.4) is 0 Å². The summed E-state index contributed by atoms with van der Waals surface area (Å²) in [4.78, 5) is 19.1. The molecule has 49 valence electrons. The molecule has 1 N–H and O–H groups in total. The summed E-state index contributed by atoms with van der Waals surface area (Å²) in [5.74, 6) is 1.64. The highest BCUT2D eigenvalue weighted by atomic mass is 16.1. The molecule has 3 nitrogen and oxygen atoms in total. The smallest absolute Gasteiger partial charge is 0.309 e. The van der Waals surface area contributed by atoms with Crippen LogP contribution in [0.25, 0.3) is 0 Å². The minimum absolute atomic E-state index is 0.571. The fourth-order valence-electron chi connectivity index (χ4n) is 0.402. The van der Waals surface area contributed by atoms with E-state index in [-0.39, 0.29) is 0 Å². The van der Waals surface area contributed by atoms with Crippen molar-refractivity contribution in [2.24, 2.45) is 0 Å². The van der Waals surface area contributed by atoms with Crippen LogP contribution < -0.4 is 5.32 Å². The minimum Gasteiger partial charge on any atom is -0.348 e. The van der Waals surface area contributed by atoms with Crippen LogP contribution in [0.1, 0.15) is 12.8 Å². The first kappa shape index (κ1) is 7.92. The lowest BCUT2D eigenvalue weighted by atomic mass is 10.3. The van der Waals surface area contributed by atoms with Gasteiger partial charge in [0.2, 0.25) is 0 Å². The third-order valence-electron chi connectivity index (χ3n) is 0.806. The number of allylic oxidation sites excluding steroid dienone is 1. The van der Waals surface area contributed by atoms with Gasteiger partial charge < -0.3 is 5.32 Å². The van der Waals surface area contributed by atoms with Crippen molar-refractivity contribution in [2.75, 3.05) is 6.54 Å². The van der Waals surface area contributed by atoms with E-state index in [0.717, 1.165) is 6.42 Å². The SMILES string of the molecule is O=[C]NCCCC=C=O. The summed E-state index contributed by atoms with van der Waals surface area (Å²) in [6.45, 7) is 0.571. The summed E-state index contributed by atoms with van der Waals surface area (Å²) in [5, 5.41) is 2.35. The molecule has 0 heterocycles. The maximum Gasteiger partial charge on any atom is 0.309 e. The highest BCUT2D eigenvalue weighted by Crippen LogP contribution is 1.83. The standard InChI is InChI=1S/C6H8NO2/c8-5-3-1-2-4-7-6-9/h3H,1-2,4H2,(H,7,9). The molecule has 0 aliphatic rings. The second kappa shape index (κ2) is 6.92. The average Bonchev–Trinajstić information content (AvgIpc) is 1.89. The third kappa shape index (κ3) is 6.92. The lowest BCUT2D eigenvalue weighted by molar-refractivity contribution is 0.540. The maximum atomic E-state index is 9.56. The van der Waals surface area contributed by atoms with Crippen molar-refractivity contribution < 1.29 is 9.59 Å². The van der Waals surface area contributed by atoms with Crippen molar-refractivity contribution in [3.63, 3.8) is 0 Å². The molecule has 0 aromatic rings. The second-order valence-electron chi connectivity index (χ2n) is 1.49. The van der Waals surface area contributed by atoms with Crippen LogP contribution in [0.15, 0.2) is 6.08 Å². The van der Waals surface area contributed by atoms with Crippen molar-refractivity contribution in [1.82, 2.24) is 5.32 Å². The van der Waals surface area contributed by atoms with Gasteiger partial charge in [-0.3, -0.25) is 4.79 Å². The molecule has 0 saturated carbocycles. The third-order valence-corrected chi connectivity index (χ3v) is 0.806. The highest BCUT2D eigenvalue weighted by molar-refractivity contribution is 5.47. The van der Waals surface area contributed by atoms with Gasteiger partial charge in [0.05, 0.1) is 0 Å². The number of unbranched alkanes of at least 4 members (excludes halogenated alkanes) is 1. The van der Waals surface area contributed by atoms with E-state index >= 15 is 0 Å². The number of carbonyl (C=O) groups excluding carboxylic acids is 2. The average molecular weight is 126 g/mol. The molecule has 0 atom stereocenters. The fraction of sp³-hybridized carbons (Fsp3) is 0.500. The Morgan fingerprint density at radius 2 is 2.22 bits per heavy atom. The van der Waals surface area contributed by atoms with Gasteiger partial charge >= 0.3 is 6.41 Å². The molecule has 0 aliphatic carbocycles. The van der Waals surface area contributed by atoms with Crippen molar-refractivity contribution >= 4 is 12.4 Å². The number of rotatable bonds is 5. The van der Waals surface area contributed by atoms with Gasteiger partial charge in [0.15, 0.2) is 0 Å². The van der Waals surface area contributed by atoms with E-state index in [2.05, 4.69) is 5.32 Å². The quantitative estimate of drug-likeness (QED) is 0.315. The first-order valence-corrected chi connectivity index (χ1v) is 2.71. The van der Waals surface area contributed by atoms with Crippen LogP contribution >= 0.6 is 0 Å². The molecular weight excluding hydrogens is 118 g/mol. The van der Waals surface area contributed by atoms with Crippen molar-refractivity contribution in [2.45, 2.75) is 12.8 Å². The number of hydrogen-bond acceptors (Lipinski definition) is 2. The van der Waals surface area contributed by atoms with Gasteiger partial charge in [-0.25, -0.2) is 4.79 Å². The zero-order chi connectivity index (χ0) is 6.95. The van der Waals surface area contributed by atoms with E-state index in [1.54, 1.807) is 5.94 Å². The van der Waals surface area contributed by atoms with Crippen LogP contribution in [0.4, 0.5) is 0 Å². The topological polar surface area (TPSA) is 46.2 Å². The van der Waals surface area contributed by atoms with Crippen LogP contribution in [-0.2, 0) is 9.59 Å². The summed E-state index contributed by atoms with van der Waals surface area (Å²) in [5.41, 5.74) is 0. The van der Waals surface area contributed by atoms with E-state index in [1.165, 1.54) is 12.5 Å². The number of hydrogen-bond donors (Lipinski definition) is 1. The summed E-state index contributed by atoms with van der Waals surface area (Å²) in [7, 11) is 0. The van der Waals surface area contributed by atoms with Crippen LogP contribution in [-0.4, -0.2) is 18.9 Å². The largest absolute Gasteiger partial charge is 0.348 e. The van der Waals surface area contributed by atoms with E-state index < -0.39 is 0 Å². The Labute approximate surface area is 53.7 Å². The highest BCUT2D eigenvalue weighted by Gasteiger charge is 1.81. The van der Waals surface area contributed by atoms with E-state index in [1.807, 2.05) is 0 Å². The molecule has 0 saturated heterocycles. The van der Waals surface area contributed by atoms with Gasteiger partial charge in [-0.05, 0) is 18.9 Å². The Morgan fingerprint density at radius 1 is 1.44 bits per heavy atom. The molecule has 0 aromatic heterocycles. The predicted octanol–water partition coefficient (Wildman–Crippen LogP) is -0.189. The lowest BCUT2D eigenvalue weighted by Crippen LogP contribution is -2.11. The normalized spacial score (nSPS) is 7.56. The fourth-order valence-corrected chi connectivity index (χ4v) is 0.402. The van der Waals surface area contributed by atoms with E-state index in [9.17, 15) is 9.59 Å². The van der Waals surface area contributed by atoms with E-state index in [0.29, 0.717) is 13.0 Å². The molecular formula is C6H8NO2. The molecule has 0 aliphatic heterocycles. The molecule has 0 spiro atoms. The van der Waals surface area contributed by atoms with Gasteiger partial charge in [-0.2, -0.15) is 0 Å². The molecule has 1 amide bonds. The molecule has 9 heavy (non-hydrogen) atoms. The second-order valence-corrected chi connectivity index (χ2v) is 1.49. The minimum atomic E-state index is 0.571. The Hall–Kier alpha value is -1.08. The Morgan fingerprint density at radius 3 is 2.78 bits per heavy atom. The monoisotopic (exact) mass is 126 g/mol. The summed E-state index contributed by atoms with van der Waals surface area (Å²) in [6.07, 6.45) is 4.36. The van der Waals surface area contributed by atoms with Gasteiger partial charge in [0.25, 0.3) is 0 Å². The Kier molecular flexibility index (Phi) is 6.09. The first-order valence-electron chi connectivity index (χ1n) is 2.71. The summed E-state index contributed by atoms with van der Waals surface area (Å²) >= 11 is 0. The molecule has 1 radical (unpaired) electrons. The van der Waals surface area contributed by atoms with Gasteiger partial charge in [0, 0.05) is 6.54 Å². The molecule has 0 bridgehead atoms. The van der Waals surface area contributed by atoms with Gasteiger partial charge in [-0.15, -0.1) is 0 Å². The van der Waals surface area contributed by atoms with Crippen molar-refractivity contribution in [3.8, 4) is 0 Å². The maximum absolute atomic E-state index is 9.56. The van der Waals surface area contributed by atoms with Crippen molar-refractivity contribution in [3.05, 3.63) is 6.08 Å². The number of amides is 1. The molecule has 0 rings (SSSR count). The van der Waals surface area contributed by atoms with Crippen LogP contribution in [0.2, 0.25) is 0 Å². The first-order chi connectivity index (χ1) is 4.41. The van der Waals surface area contributed by atoms with Crippen LogP contribution in [0, 0.1) is 0 Å². The van der Waals surface area contributed by atoms with E-state index in [4.69, 9.17) is 0 Å². The molecule has 0 aromatic carbocycles. The summed E-state index contributed by atoms with van der Waals surface area (Å²) in [6, 6.07) is 0. The summed E-state index contributed by atoms with van der Waals surface area (Å²) < 4.78 is 0. The zero-order valence-electron chi connectivity index (χ0n) is 5.02. The Balaban J connectivity index is 2.90. The predicted molar refractivity (Wildman–Crippen MR) is 33.2 cm³/mol. The molecule has 0 unspecified atom stereocenters. The van der Waals surface area contributed by atoms with Gasteiger partial charge in [-0.1, -0.05) is 0 Å².